The van der Waals surface area contributed by atoms with Gasteiger partial charge in [0.05, 0.1) is 18.5 Å². The first-order chi connectivity index (χ1) is 17.4. The molecule has 1 aromatic heterocycles. The molecule has 3 rings (SSSR count). The van der Waals surface area contributed by atoms with Crippen molar-refractivity contribution in [3.05, 3.63) is 89.3 Å². The van der Waals surface area contributed by atoms with Crippen LogP contribution in [0.1, 0.15) is 43.0 Å². The normalized spacial score (nSPS) is 11.7. The molecule has 37 heavy (non-hydrogen) atoms. The summed E-state index contributed by atoms with van der Waals surface area (Å²) in [4.78, 5) is 13.7. The summed E-state index contributed by atoms with van der Waals surface area (Å²) in [6.45, 7) is 6.60. The van der Waals surface area contributed by atoms with Crippen molar-refractivity contribution < 1.29 is 14.6 Å². The Kier molecular flexibility index (Phi) is 8.49. The summed E-state index contributed by atoms with van der Waals surface area (Å²) in [6.07, 6.45) is 5.20. The Morgan fingerprint density at radius 1 is 1.14 bits per heavy atom. The minimum absolute atomic E-state index is 0.0118. The number of ether oxygens (including phenoxy) is 1. The second-order valence-electron chi connectivity index (χ2n) is 9.80. The van der Waals surface area contributed by atoms with Gasteiger partial charge in [-0.2, -0.15) is 5.10 Å². The summed E-state index contributed by atoms with van der Waals surface area (Å²) in [5.41, 5.74) is 8.77. The van der Waals surface area contributed by atoms with Crippen molar-refractivity contribution in [2.75, 3.05) is 13.6 Å². The van der Waals surface area contributed by atoms with Crippen LogP contribution in [-0.2, 0) is 17.7 Å². The molecule has 0 aliphatic rings. The van der Waals surface area contributed by atoms with Gasteiger partial charge in [-0.3, -0.25) is 10.1 Å². The van der Waals surface area contributed by atoms with Crippen molar-refractivity contribution >= 4 is 23.2 Å². The molecular formula is C28H34N6O3. The zero-order chi connectivity index (χ0) is 27.2. The van der Waals surface area contributed by atoms with Crippen molar-refractivity contribution in [2.24, 2.45) is 5.73 Å². The van der Waals surface area contributed by atoms with Gasteiger partial charge in [0.25, 0.3) is 0 Å². The fraction of sp³-hybridized carbons (Fsp3) is 0.286. The van der Waals surface area contributed by atoms with E-state index in [1.165, 1.54) is 12.1 Å². The molecule has 0 fully saturated rings. The number of para-hydroxylation sites is 1. The molecule has 194 valence electrons. The van der Waals surface area contributed by atoms with Gasteiger partial charge in [-0.05, 0) is 56.5 Å². The predicted octanol–water partition coefficient (Wildman–Crippen LogP) is 4.43. The Bertz CT molecular complexity index is 1300. The molecule has 1 heterocycles. The molecule has 0 saturated carbocycles. The highest BCUT2D eigenvalue weighted by Crippen LogP contribution is 2.20. The third kappa shape index (κ3) is 7.79. The average molecular weight is 503 g/mol. The van der Waals surface area contributed by atoms with E-state index in [-0.39, 0.29) is 23.4 Å². The zero-order valence-electron chi connectivity index (χ0n) is 21.7. The molecule has 0 aliphatic carbocycles. The van der Waals surface area contributed by atoms with E-state index in [1.807, 2.05) is 45.0 Å². The molecule has 0 radical (unpaired) electrons. The Hall–Kier alpha value is -4.40. The van der Waals surface area contributed by atoms with Gasteiger partial charge in [-0.15, -0.1) is 0 Å². The highest BCUT2D eigenvalue weighted by Gasteiger charge is 2.19. The first-order valence-corrected chi connectivity index (χ1v) is 11.9. The maximum atomic E-state index is 12.1. The van der Waals surface area contributed by atoms with Gasteiger partial charge in [0.1, 0.15) is 17.2 Å². The summed E-state index contributed by atoms with van der Waals surface area (Å²) in [7, 11) is 1.73. The summed E-state index contributed by atoms with van der Waals surface area (Å²) in [5, 5.41) is 30.7. The quantitative estimate of drug-likeness (QED) is 0.253. The van der Waals surface area contributed by atoms with Crippen LogP contribution < -0.4 is 5.73 Å². The first-order valence-electron chi connectivity index (χ1n) is 11.9. The number of nitrogens with one attached hydrogen (secondary N) is 2. The molecule has 1 amide bonds. The van der Waals surface area contributed by atoms with Crippen LogP contribution in [0.2, 0.25) is 0 Å². The van der Waals surface area contributed by atoms with Crippen LogP contribution >= 0.6 is 0 Å². The van der Waals surface area contributed by atoms with Crippen molar-refractivity contribution in [2.45, 2.75) is 39.3 Å². The number of phenolic OH excluding ortho intramolecular Hbond substituents is 1. The fourth-order valence-electron chi connectivity index (χ4n) is 3.56. The van der Waals surface area contributed by atoms with Gasteiger partial charge >= 0.3 is 6.09 Å². The molecule has 3 aromatic rings. The van der Waals surface area contributed by atoms with Gasteiger partial charge in [-0.1, -0.05) is 36.4 Å². The van der Waals surface area contributed by atoms with Crippen LogP contribution in [0.4, 0.5) is 4.79 Å². The number of aromatic hydroxyl groups is 1. The minimum Gasteiger partial charge on any atom is -0.507 e. The van der Waals surface area contributed by atoms with Gasteiger partial charge in [0.15, 0.2) is 0 Å². The maximum absolute atomic E-state index is 12.1. The van der Waals surface area contributed by atoms with Crippen molar-refractivity contribution in [3.63, 3.8) is 0 Å². The Morgan fingerprint density at radius 3 is 2.41 bits per heavy atom. The SMILES string of the molecule is CN(CCc1ccc(Cn2cc(/C(=C/C(=N)c3ccccc3O)C(=N)N)cn2)cc1)C(=O)OC(C)(C)C. The van der Waals surface area contributed by atoms with E-state index in [9.17, 15) is 9.90 Å². The number of carbonyl (C=O) groups is 1. The number of hydrogen-bond acceptors (Lipinski definition) is 6. The van der Waals surface area contributed by atoms with Crippen LogP contribution in [0.15, 0.2) is 67.0 Å². The largest absolute Gasteiger partial charge is 0.507 e. The van der Waals surface area contributed by atoms with Crippen LogP contribution in [0.25, 0.3) is 5.57 Å². The van der Waals surface area contributed by atoms with E-state index >= 15 is 0 Å². The topological polar surface area (TPSA) is 141 Å². The molecule has 0 saturated heterocycles. The number of hydrogen-bond donors (Lipinski definition) is 4. The number of benzene rings is 2. The smallest absolute Gasteiger partial charge is 0.410 e. The Labute approximate surface area is 217 Å². The lowest BCUT2D eigenvalue weighted by molar-refractivity contribution is 0.0300. The van der Waals surface area contributed by atoms with Gasteiger partial charge in [0.2, 0.25) is 0 Å². The van der Waals surface area contributed by atoms with Gasteiger partial charge in [0, 0.05) is 36.5 Å². The van der Waals surface area contributed by atoms with Crippen molar-refractivity contribution in [1.82, 2.24) is 14.7 Å². The molecule has 2 aromatic carbocycles. The van der Waals surface area contributed by atoms with E-state index in [0.717, 1.165) is 11.1 Å². The lowest BCUT2D eigenvalue weighted by Crippen LogP contribution is -2.35. The number of likely N-dealkylation sites (N-methyl/N-ethyl adjacent to an activating group) is 1. The fourth-order valence-corrected chi connectivity index (χ4v) is 3.56. The number of aromatic nitrogens is 2. The second kappa shape index (κ2) is 11.6. The molecular weight excluding hydrogens is 468 g/mol. The van der Waals surface area contributed by atoms with Gasteiger partial charge in [-0.25, -0.2) is 4.79 Å². The molecule has 0 unspecified atom stereocenters. The highest BCUT2D eigenvalue weighted by molar-refractivity contribution is 6.27. The summed E-state index contributed by atoms with van der Waals surface area (Å²) < 4.78 is 7.12. The van der Waals surface area contributed by atoms with Crippen LogP contribution in [0.5, 0.6) is 5.75 Å². The maximum Gasteiger partial charge on any atom is 0.410 e. The zero-order valence-corrected chi connectivity index (χ0v) is 21.7. The number of nitrogens with two attached hydrogens (primary N) is 1. The summed E-state index contributed by atoms with van der Waals surface area (Å²) in [6, 6.07) is 14.6. The van der Waals surface area contributed by atoms with E-state index in [4.69, 9.17) is 21.3 Å². The lowest BCUT2D eigenvalue weighted by atomic mass is 10.0. The minimum atomic E-state index is -0.521. The van der Waals surface area contributed by atoms with Crippen molar-refractivity contribution in [3.8, 4) is 5.75 Å². The van der Waals surface area contributed by atoms with Crippen LogP contribution in [0, 0.1) is 10.8 Å². The number of carbonyl (C=O) groups excluding carboxylic acids is 1. The highest BCUT2D eigenvalue weighted by atomic mass is 16.6. The third-order valence-corrected chi connectivity index (χ3v) is 5.53. The van der Waals surface area contributed by atoms with E-state index in [0.29, 0.717) is 36.2 Å². The third-order valence-electron chi connectivity index (χ3n) is 5.53. The number of phenols is 1. The summed E-state index contributed by atoms with van der Waals surface area (Å²) in [5.74, 6) is -0.206. The van der Waals surface area contributed by atoms with E-state index in [2.05, 4.69) is 5.10 Å². The molecule has 0 atom stereocenters. The Balaban J connectivity index is 1.64. The van der Waals surface area contributed by atoms with Crippen molar-refractivity contribution in [1.29, 1.82) is 10.8 Å². The molecule has 9 heteroatoms. The van der Waals surface area contributed by atoms with E-state index < -0.39 is 5.60 Å². The van der Waals surface area contributed by atoms with Crippen LogP contribution in [0.3, 0.4) is 0 Å². The number of nitrogens with zero attached hydrogens (tertiary/aromatic N) is 3. The predicted molar refractivity (Wildman–Crippen MR) is 145 cm³/mol. The van der Waals surface area contributed by atoms with Gasteiger partial charge < -0.3 is 25.9 Å². The standard InChI is InChI=1S/C28H34N6O3/c1-28(2,3)37-27(36)33(4)14-13-19-9-11-20(12-10-19)17-34-18-21(16-32-34)23(26(30)31)15-24(29)22-7-5-6-8-25(22)35/h5-12,15-16,18,29,35H,13-14,17H2,1-4H3,(H3,30,31)/b23-15-,29-24?. The molecule has 9 nitrogen and oxygen atoms in total. The number of rotatable bonds is 9. The number of amides is 1. The van der Waals surface area contributed by atoms with Crippen LogP contribution in [-0.4, -0.2) is 56.6 Å². The molecule has 0 bridgehead atoms. The summed E-state index contributed by atoms with van der Waals surface area (Å²) >= 11 is 0. The first kappa shape index (κ1) is 27.2. The Morgan fingerprint density at radius 2 is 1.78 bits per heavy atom. The number of allylic oxidation sites excluding steroid dienone is 1. The second-order valence-corrected chi connectivity index (χ2v) is 9.80. The monoisotopic (exact) mass is 502 g/mol. The molecule has 0 spiro atoms. The average Bonchev–Trinajstić information content (AvgIpc) is 3.28. The number of amidine groups is 1. The molecule has 0 aliphatic heterocycles. The van der Waals surface area contributed by atoms with E-state index in [1.54, 1.807) is 47.2 Å². The lowest BCUT2D eigenvalue weighted by Gasteiger charge is -2.24. The molecule has 5 N–H and O–H groups in total.